The summed E-state index contributed by atoms with van der Waals surface area (Å²) in [6.45, 7) is 7.34. The number of carbonyl (C=O) groups is 1. The largest absolute Gasteiger partial charge is 0.388 e. The molecule has 1 saturated heterocycles. The monoisotopic (exact) mass is 248 g/mol. The first-order chi connectivity index (χ1) is 8.11. The molecule has 0 atom stereocenters. The molecular weight excluding hydrogens is 220 g/mol. The third kappa shape index (κ3) is 11.6. The van der Waals surface area contributed by atoms with Crippen LogP contribution in [0.15, 0.2) is 0 Å². The van der Waals surface area contributed by atoms with E-state index in [1.165, 1.54) is 0 Å². The van der Waals surface area contributed by atoms with Crippen LogP contribution in [0.4, 0.5) is 0 Å². The molecule has 17 heavy (non-hydrogen) atoms. The smallest absolute Gasteiger partial charge is 0.236 e. The molecule has 1 aliphatic heterocycles. The maximum atomic E-state index is 11.4. The summed E-state index contributed by atoms with van der Waals surface area (Å²) in [4.78, 5) is 15.2. The van der Waals surface area contributed by atoms with Crippen LogP contribution >= 0.6 is 0 Å². The standard InChI is InChI=1S/C8H16N2O2.C2H6O.C2H6/c1-9(2)7-8(11)10-3-5-12-6-4-10;1-3-2;1-2/h3-7H2,1-2H3;1-2H3;1-2H3. The normalized spacial score (nSPS) is 14.4. The molecule has 0 aliphatic carbocycles. The van der Waals surface area contributed by atoms with Crippen molar-refractivity contribution in [1.82, 2.24) is 9.80 Å². The third-order valence-corrected chi connectivity index (χ3v) is 1.82. The van der Waals surface area contributed by atoms with Gasteiger partial charge in [0.2, 0.25) is 5.91 Å². The van der Waals surface area contributed by atoms with Crippen LogP contribution in [0.2, 0.25) is 0 Å². The van der Waals surface area contributed by atoms with Gasteiger partial charge in [-0.15, -0.1) is 0 Å². The maximum absolute atomic E-state index is 11.4. The lowest BCUT2D eigenvalue weighted by Crippen LogP contribution is -2.44. The van der Waals surface area contributed by atoms with Gasteiger partial charge in [0.15, 0.2) is 0 Å². The Morgan fingerprint density at radius 3 is 2.00 bits per heavy atom. The molecule has 5 heteroatoms. The summed E-state index contributed by atoms with van der Waals surface area (Å²) in [6.07, 6.45) is 0. The molecule has 1 rings (SSSR count). The van der Waals surface area contributed by atoms with Crippen molar-refractivity contribution in [1.29, 1.82) is 0 Å². The van der Waals surface area contributed by atoms with Gasteiger partial charge in [0.05, 0.1) is 19.8 Å². The Balaban J connectivity index is 0. The highest BCUT2D eigenvalue weighted by molar-refractivity contribution is 5.78. The Morgan fingerprint density at radius 1 is 1.24 bits per heavy atom. The average Bonchev–Trinajstić information content (AvgIpc) is 2.33. The molecule has 1 aliphatic rings. The number of methoxy groups -OCH3 is 1. The van der Waals surface area contributed by atoms with E-state index in [0.29, 0.717) is 19.8 Å². The first-order valence-corrected chi connectivity index (χ1v) is 6.02. The Hall–Kier alpha value is -0.650. The second-order valence-electron chi connectivity index (χ2n) is 3.64. The fourth-order valence-electron chi connectivity index (χ4n) is 1.18. The minimum atomic E-state index is 0.198. The van der Waals surface area contributed by atoms with E-state index in [2.05, 4.69) is 4.74 Å². The average molecular weight is 248 g/mol. The Kier molecular flexibility index (Phi) is 14.8. The predicted octanol–water partition coefficient (Wildman–Crippen LogP) is 0.696. The van der Waals surface area contributed by atoms with Crippen molar-refractivity contribution < 1.29 is 14.3 Å². The van der Waals surface area contributed by atoms with Crippen molar-refractivity contribution in [3.05, 3.63) is 0 Å². The van der Waals surface area contributed by atoms with Crippen LogP contribution in [0.1, 0.15) is 13.8 Å². The summed E-state index contributed by atoms with van der Waals surface area (Å²) in [6, 6.07) is 0. The number of amides is 1. The minimum Gasteiger partial charge on any atom is -0.388 e. The van der Waals surface area contributed by atoms with E-state index in [-0.39, 0.29) is 5.91 Å². The minimum absolute atomic E-state index is 0.198. The van der Waals surface area contributed by atoms with Gasteiger partial charge in [-0.1, -0.05) is 13.8 Å². The Labute approximate surface area is 106 Å². The second-order valence-corrected chi connectivity index (χ2v) is 3.64. The van der Waals surface area contributed by atoms with Crippen molar-refractivity contribution >= 4 is 5.91 Å². The van der Waals surface area contributed by atoms with Gasteiger partial charge in [-0.2, -0.15) is 0 Å². The number of ether oxygens (including phenoxy) is 2. The highest BCUT2D eigenvalue weighted by Gasteiger charge is 2.16. The summed E-state index contributed by atoms with van der Waals surface area (Å²) in [5, 5.41) is 0. The lowest BCUT2D eigenvalue weighted by molar-refractivity contribution is -0.135. The molecule has 1 amide bonds. The van der Waals surface area contributed by atoms with Crippen LogP contribution in [0.5, 0.6) is 0 Å². The van der Waals surface area contributed by atoms with Crippen LogP contribution in [-0.4, -0.2) is 76.9 Å². The summed E-state index contributed by atoms with van der Waals surface area (Å²) >= 11 is 0. The van der Waals surface area contributed by atoms with Crippen molar-refractivity contribution in [2.45, 2.75) is 13.8 Å². The maximum Gasteiger partial charge on any atom is 0.236 e. The molecule has 0 aromatic heterocycles. The van der Waals surface area contributed by atoms with E-state index >= 15 is 0 Å². The van der Waals surface area contributed by atoms with Crippen molar-refractivity contribution in [2.24, 2.45) is 0 Å². The van der Waals surface area contributed by atoms with Crippen LogP contribution in [0, 0.1) is 0 Å². The van der Waals surface area contributed by atoms with Gasteiger partial charge >= 0.3 is 0 Å². The van der Waals surface area contributed by atoms with Gasteiger partial charge in [0, 0.05) is 27.3 Å². The molecule has 0 aromatic rings. The van der Waals surface area contributed by atoms with Gasteiger partial charge in [-0.25, -0.2) is 0 Å². The molecule has 0 spiro atoms. The second kappa shape index (κ2) is 13.4. The fourth-order valence-corrected chi connectivity index (χ4v) is 1.18. The summed E-state index contributed by atoms with van der Waals surface area (Å²) < 4.78 is 9.40. The molecule has 0 unspecified atom stereocenters. The summed E-state index contributed by atoms with van der Waals surface area (Å²) in [5.41, 5.74) is 0. The molecule has 5 nitrogen and oxygen atoms in total. The van der Waals surface area contributed by atoms with Gasteiger partial charge in [-0.3, -0.25) is 4.79 Å². The van der Waals surface area contributed by atoms with E-state index in [4.69, 9.17) is 4.74 Å². The Morgan fingerprint density at radius 2 is 1.65 bits per heavy atom. The van der Waals surface area contributed by atoms with Crippen LogP contribution in [0.3, 0.4) is 0 Å². The van der Waals surface area contributed by atoms with E-state index in [9.17, 15) is 4.79 Å². The first-order valence-electron chi connectivity index (χ1n) is 6.02. The number of hydrogen-bond donors (Lipinski definition) is 0. The Bertz CT molecular complexity index is 169. The molecule has 1 fully saturated rings. The highest BCUT2D eigenvalue weighted by Crippen LogP contribution is 1.97. The van der Waals surface area contributed by atoms with Crippen molar-refractivity contribution in [3.8, 4) is 0 Å². The van der Waals surface area contributed by atoms with Crippen molar-refractivity contribution in [3.63, 3.8) is 0 Å². The molecule has 104 valence electrons. The zero-order valence-corrected chi connectivity index (χ0v) is 12.2. The van der Waals surface area contributed by atoms with E-state index in [1.807, 2.05) is 37.7 Å². The van der Waals surface area contributed by atoms with Gasteiger partial charge in [0.1, 0.15) is 0 Å². The lowest BCUT2D eigenvalue weighted by atomic mass is 10.4. The van der Waals surface area contributed by atoms with E-state index in [1.54, 1.807) is 14.2 Å². The van der Waals surface area contributed by atoms with Crippen LogP contribution < -0.4 is 0 Å². The molecule has 0 N–H and O–H groups in total. The molecule has 1 heterocycles. The molecule has 0 radical (unpaired) electrons. The molecule has 0 saturated carbocycles. The van der Waals surface area contributed by atoms with Crippen LogP contribution in [-0.2, 0) is 14.3 Å². The molecule has 0 bridgehead atoms. The van der Waals surface area contributed by atoms with E-state index < -0.39 is 0 Å². The van der Waals surface area contributed by atoms with Gasteiger partial charge < -0.3 is 19.3 Å². The summed E-state index contributed by atoms with van der Waals surface area (Å²) in [7, 11) is 7.05. The van der Waals surface area contributed by atoms with Crippen molar-refractivity contribution in [2.75, 3.05) is 61.2 Å². The van der Waals surface area contributed by atoms with Gasteiger partial charge in [-0.05, 0) is 14.1 Å². The molecule has 0 aromatic carbocycles. The van der Waals surface area contributed by atoms with Crippen LogP contribution in [0.25, 0.3) is 0 Å². The number of morpholine rings is 1. The number of hydrogen-bond acceptors (Lipinski definition) is 4. The number of likely N-dealkylation sites (N-methyl/N-ethyl adjacent to an activating group) is 1. The topological polar surface area (TPSA) is 42.0 Å². The molecular formula is C12H28N2O3. The first kappa shape index (κ1) is 18.7. The van der Waals surface area contributed by atoms with Gasteiger partial charge in [0.25, 0.3) is 0 Å². The quantitative estimate of drug-likeness (QED) is 0.721. The number of nitrogens with zero attached hydrogens (tertiary/aromatic N) is 2. The third-order valence-electron chi connectivity index (χ3n) is 1.82. The number of rotatable bonds is 2. The van der Waals surface area contributed by atoms with E-state index in [0.717, 1.165) is 13.1 Å². The zero-order chi connectivity index (χ0) is 13.7. The highest BCUT2D eigenvalue weighted by atomic mass is 16.5. The fraction of sp³-hybridized carbons (Fsp3) is 0.917. The SMILES string of the molecule is CC.CN(C)CC(=O)N1CCOCC1.COC. The zero-order valence-electron chi connectivity index (χ0n) is 12.2. The summed E-state index contributed by atoms with van der Waals surface area (Å²) in [5.74, 6) is 0.198. The number of carbonyl (C=O) groups excluding carboxylic acids is 1. The predicted molar refractivity (Wildman–Crippen MR) is 70.2 cm³/mol. The lowest BCUT2D eigenvalue weighted by Gasteiger charge is -2.27.